The van der Waals surface area contributed by atoms with E-state index in [0.29, 0.717) is 6.42 Å². The van der Waals surface area contributed by atoms with Gasteiger partial charge in [-0.2, -0.15) is 0 Å². The highest BCUT2D eigenvalue weighted by atomic mass is 16.6. The van der Waals surface area contributed by atoms with Gasteiger partial charge in [0, 0.05) is 19.2 Å². The number of benzene rings is 1. The Labute approximate surface area is 105 Å². The molecule has 0 aliphatic carbocycles. The molecule has 0 saturated heterocycles. The zero-order valence-corrected chi connectivity index (χ0v) is 10.4. The fraction of sp³-hybridized carbons (Fsp3) is 0.417. The average molecular weight is 252 g/mol. The van der Waals surface area contributed by atoms with E-state index >= 15 is 0 Å². The zero-order chi connectivity index (χ0) is 13.5. The van der Waals surface area contributed by atoms with Gasteiger partial charge >= 0.3 is 0 Å². The molecule has 1 atom stereocenters. The summed E-state index contributed by atoms with van der Waals surface area (Å²) in [4.78, 5) is 21.7. The molecule has 1 aromatic carbocycles. The molecule has 1 N–H and O–H groups in total. The summed E-state index contributed by atoms with van der Waals surface area (Å²) < 4.78 is 4.73. The molecular weight excluding hydrogens is 236 g/mol. The van der Waals surface area contributed by atoms with Crippen LogP contribution < -0.4 is 5.32 Å². The van der Waals surface area contributed by atoms with Crippen molar-refractivity contribution in [2.24, 2.45) is 0 Å². The molecule has 0 bridgehead atoms. The van der Waals surface area contributed by atoms with Gasteiger partial charge in [-0.15, -0.1) is 0 Å². The number of nitrogens with zero attached hydrogens (tertiary/aromatic N) is 1. The van der Waals surface area contributed by atoms with Crippen molar-refractivity contribution in [3.05, 3.63) is 39.9 Å². The number of ether oxygens (including phenoxy) is 1. The molecule has 0 aliphatic heterocycles. The smallest absolute Gasteiger partial charge is 0.269 e. The van der Waals surface area contributed by atoms with Crippen LogP contribution in [0.3, 0.4) is 0 Å². The van der Waals surface area contributed by atoms with Crippen molar-refractivity contribution in [1.29, 1.82) is 0 Å². The van der Waals surface area contributed by atoms with E-state index in [0.717, 1.165) is 5.56 Å². The van der Waals surface area contributed by atoms with E-state index in [4.69, 9.17) is 4.74 Å². The normalized spacial score (nSPS) is 11.9. The van der Waals surface area contributed by atoms with Crippen molar-refractivity contribution in [3.8, 4) is 0 Å². The zero-order valence-electron chi connectivity index (χ0n) is 10.4. The lowest BCUT2D eigenvalue weighted by molar-refractivity contribution is -0.384. The molecule has 0 radical (unpaired) electrons. The molecular formula is C12H16N2O4. The van der Waals surface area contributed by atoms with Crippen LogP contribution in [0, 0.1) is 10.1 Å². The van der Waals surface area contributed by atoms with Gasteiger partial charge in [-0.1, -0.05) is 19.1 Å². The average Bonchev–Trinajstić information content (AvgIpc) is 2.36. The van der Waals surface area contributed by atoms with E-state index in [1.165, 1.54) is 19.2 Å². The number of nitro benzene ring substituents is 1. The van der Waals surface area contributed by atoms with Gasteiger partial charge in [0.05, 0.1) is 11.0 Å². The molecule has 0 saturated carbocycles. The highest BCUT2D eigenvalue weighted by molar-refractivity contribution is 5.77. The third-order valence-electron chi connectivity index (χ3n) is 2.50. The van der Waals surface area contributed by atoms with Crippen molar-refractivity contribution in [1.82, 2.24) is 5.32 Å². The van der Waals surface area contributed by atoms with Crippen molar-refractivity contribution in [2.75, 3.05) is 13.7 Å². The number of hydrogen-bond acceptors (Lipinski definition) is 4. The molecule has 1 aromatic rings. The number of carbonyl (C=O) groups excluding carboxylic acids is 1. The number of rotatable bonds is 6. The van der Waals surface area contributed by atoms with Crippen LogP contribution in [0.2, 0.25) is 0 Å². The van der Waals surface area contributed by atoms with Crippen LogP contribution in [0.4, 0.5) is 5.69 Å². The van der Waals surface area contributed by atoms with E-state index in [-0.39, 0.29) is 24.2 Å². The first kappa shape index (κ1) is 14.1. The van der Waals surface area contributed by atoms with Crippen LogP contribution in [0.15, 0.2) is 24.3 Å². The lowest BCUT2D eigenvalue weighted by Crippen LogP contribution is -2.31. The predicted octanol–water partition coefficient (Wildman–Crippen LogP) is 1.81. The molecule has 98 valence electrons. The van der Waals surface area contributed by atoms with E-state index < -0.39 is 4.92 Å². The molecule has 0 fully saturated rings. The van der Waals surface area contributed by atoms with E-state index in [2.05, 4.69) is 5.32 Å². The molecule has 0 heterocycles. The second-order valence-electron chi connectivity index (χ2n) is 3.81. The summed E-state index contributed by atoms with van der Waals surface area (Å²) >= 11 is 0. The number of nitro groups is 1. The predicted molar refractivity (Wildman–Crippen MR) is 66.1 cm³/mol. The highest BCUT2D eigenvalue weighted by Crippen LogP contribution is 2.21. The summed E-state index contributed by atoms with van der Waals surface area (Å²) in [5.74, 6) is -0.240. The first-order valence-corrected chi connectivity index (χ1v) is 5.61. The topological polar surface area (TPSA) is 81.5 Å². The molecule has 6 nitrogen and oxygen atoms in total. The number of nitrogens with one attached hydrogen (secondary N) is 1. The van der Waals surface area contributed by atoms with Crippen molar-refractivity contribution in [3.63, 3.8) is 0 Å². The van der Waals surface area contributed by atoms with Crippen LogP contribution >= 0.6 is 0 Å². The largest absolute Gasteiger partial charge is 0.375 e. The SMILES string of the molecule is CC[C@H](NC(=O)COC)c1cccc([N+](=O)[O-])c1. The van der Waals surface area contributed by atoms with Gasteiger partial charge in [0.15, 0.2) is 0 Å². The fourth-order valence-corrected chi connectivity index (χ4v) is 1.64. The van der Waals surface area contributed by atoms with Gasteiger partial charge < -0.3 is 10.1 Å². The molecule has 0 unspecified atom stereocenters. The number of carbonyl (C=O) groups is 1. The minimum Gasteiger partial charge on any atom is -0.375 e. The van der Waals surface area contributed by atoms with Crippen molar-refractivity contribution >= 4 is 11.6 Å². The maximum Gasteiger partial charge on any atom is 0.269 e. The van der Waals surface area contributed by atoms with E-state index in [1.807, 2.05) is 6.92 Å². The summed E-state index contributed by atoms with van der Waals surface area (Å²) in [5, 5.41) is 13.5. The summed E-state index contributed by atoms with van der Waals surface area (Å²) in [6, 6.07) is 6.02. The number of hydrogen-bond donors (Lipinski definition) is 1. The van der Waals surface area contributed by atoms with Gasteiger partial charge in [0.2, 0.25) is 5.91 Å². The molecule has 6 heteroatoms. The monoisotopic (exact) mass is 252 g/mol. The number of non-ortho nitro benzene ring substituents is 1. The first-order chi connectivity index (χ1) is 8.58. The Morgan fingerprint density at radius 3 is 2.83 bits per heavy atom. The Morgan fingerprint density at radius 2 is 2.28 bits per heavy atom. The van der Waals surface area contributed by atoms with E-state index in [9.17, 15) is 14.9 Å². The Kier molecular flexibility index (Phi) is 5.26. The fourth-order valence-electron chi connectivity index (χ4n) is 1.64. The Morgan fingerprint density at radius 1 is 1.56 bits per heavy atom. The third-order valence-corrected chi connectivity index (χ3v) is 2.50. The van der Waals surface area contributed by atoms with Gasteiger partial charge in [0.1, 0.15) is 6.61 Å². The van der Waals surface area contributed by atoms with Gasteiger partial charge in [0.25, 0.3) is 5.69 Å². The minimum absolute atomic E-state index is 0.0203. The second-order valence-corrected chi connectivity index (χ2v) is 3.81. The Bertz CT molecular complexity index is 434. The van der Waals surface area contributed by atoms with Crippen molar-refractivity contribution in [2.45, 2.75) is 19.4 Å². The highest BCUT2D eigenvalue weighted by Gasteiger charge is 2.15. The van der Waals surface area contributed by atoms with Gasteiger partial charge in [-0.3, -0.25) is 14.9 Å². The van der Waals surface area contributed by atoms with Crippen LogP contribution in [0.1, 0.15) is 24.9 Å². The molecule has 18 heavy (non-hydrogen) atoms. The van der Waals surface area contributed by atoms with Gasteiger partial charge in [-0.25, -0.2) is 0 Å². The summed E-state index contributed by atoms with van der Waals surface area (Å²) in [6.45, 7) is 1.88. The Balaban J connectivity index is 2.84. The third kappa shape index (κ3) is 3.81. The van der Waals surface area contributed by atoms with Crippen LogP contribution in [-0.2, 0) is 9.53 Å². The van der Waals surface area contributed by atoms with Crippen LogP contribution in [0.25, 0.3) is 0 Å². The maximum absolute atomic E-state index is 11.4. The number of amides is 1. The standard InChI is InChI=1S/C12H16N2O4/c1-3-11(13-12(15)8-18-2)9-5-4-6-10(7-9)14(16)17/h4-7,11H,3,8H2,1-2H3,(H,13,15)/t11-/m0/s1. The minimum atomic E-state index is -0.451. The lowest BCUT2D eigenvalue weighted by atomic mass is 10.0. The molecule has 1 amide bonds. The first-order valence-electron chi connectivity index (χ1n) is 5.61. The molecule has 0 aromatic heterocycles. The summed E-state index contributed by atoms with van der Waals surface area (Å²) in [5.41, 5.74) is 0.739. The summed E-state index contributed by atoms with van der Waals surface area (Å²) in [6.07, 6.45) is 0.649. The van der Waals surface area contributed by atoms with Gasteiger partial charge in [-0.05, 0) is 12.0 Å². The van der Waals surface area contributed by atoms with Crippen LogP contribution in [0.5, 0.6) is 0 Å². The quantitative estimate of drug-likeness (QED) is 0.618. The second kappa shape index (κ2) is 6.70. The lowest BCUT2D eigenvalue weighted by Gasteiger charge is -2.17. The molecule has 1 rings (SSSR count). The summed E-state index contributed by atoms with van der Waals surface area (Å²) in [7, 11) is 1.44. The van der Waals surface area contributed by atoms with Crippen LogP contribution in [-0.4, -0.2) is 24.5 Å². The maximum atomic E-state index is 11.4. The molecule has 0 spiro atoms. The van der Waals surface area contributed by atoms with E-state index in [1.54, 1.807) is 12.1 Å². The number of methoxy groups -OCH3 is 1. The Hall–Kier alpha value is -1.95. The molecule has 0 aliphatic rings. The van der Waals surface area contributed by atoms with Crippen molar-refractivity contribution < 1.29 is 14.5 Å².